The van der Waals surface area contributed by atoms with E-state index in [1.165, 1.54) is 16.4 Å². The van der Waals surface area contributed by atoms with Crippen LogP contribution >= 0.6 is 11.8 Å². The molecule has 0 radical (unpaired) electrons. The lowest BCUT2D eigenvalue weighted by atomic mass is 10.1. The minimum atomic E-state index is -0.590. The van der Waals surface area contributed by atoms with E-state index in [4.69, 9.17) is 0 Å². The van der Waals surface area contributed by atoms with Crippen molar-refractivity contribution in [3.8, 4) is 0 Å². The Labute approximate surface area is 165 Å². The number of hydrazine groups is 1. The van der Waals surface area contributed by atoms with Crippen LogP contribution in [0.25, 0.3) is 10.8 Å². The lowest BCUT2D eigenvalue weighted by Crippen LogP contribution is -2.43. The SMILES string of the molecule is CC(C)n1nc(C(=O)NNC(=O)CSc2ccncc2)c2ccccc2c1=O. The lowest BCUT2D eigenvalue weighted by molar-refractivity contribution is -0.119. The molecule has 0 spiro atoms. The van der Waals surface area contributed by atoms with E-state index in [-0.39, 0.29) is 29.0 Å². The number of carbonyl (C=O) groups is 2. The van der Waals surface area contributed by atoms with Crippen molar-refractivity contribution in [3.63, 3.8) is 0 Å². The predicted molar refractivity (Wildman–Crippen MR) is 107 cm³/mol. The quantitative estimate of drug-likeness (QED) is 0.503. The molecule has 0 saturated carbocycles. The number of nitrogens with one attached hydrogen (secondary N) is 2. The fraction of sp³-hybridized carbons (Fsp3) is 0.211. The molecule has 0 bridgehead atoms. The van der Waals surface area contributed by atoms with Crippen LogP contribution < -0.4 is 16.4 Å². The van der Waals surface area contributed by atoms with Crippen molar-refractivity contribution in [1.82, 2.24) is 25.6 Å². The number of pyridine rings is 1. The van der Waals surface area contributed by atoms with E-state index in [0.717, 1.165) is 4.90 Å². The third kappa shape index (κ3) is 4.37. The monoisotopic (exact) mass is 397 g/mol. The number of rotatable bonds is 5. The predicted octanol–water partition coefficient (Wildman–Crippen LogP) is 1.93. The van der Waals surface area contributed by atoms with Gasteiger partial charge < -0.3 is 0 Å². The minimum absolute atomic E-state index is 0.0750. The van der Waals surface area contributed by atoms with Gasteiger partial charge in [-0.2, -0.15) is 5.10 Å². The Morgan fingerprint density at radius 3 is 2.43 bits per heavy atom. The van der Waals surface area contributed by atoms with E-state index in [2.05, 4.69) is 20.9 Å². The zero-order chi connectivity index (χ0) is 20.1. The summed E-state index contributed by atoms with van der Waals surface area (Å²) in [6, 6.07) is 10.1. The van der Waals surface area contributed by atoms with E-state index >= 15 is 0 Å². The van der Waals surface area contributed by atoms with Gasteiger partial charge in [0.1, 0.15) is 0 Å². The molecule has 9 heteroatoms. The van der Waals surface area contributed by atoms with Gasteiger partial charge in [0.2, 0.25) is 5.91 Å². The molecule has 1 aromatic carbocycles. The van der Waals surface area contributed by atoms with Crippen molar-refractivity contribution in [2.45, 2.75) is 24.8 Å². The second kappa shape index (κ2) is 8.66. The maximum absolute atomic E-state index is 12.6. The number of amides is 2. The Morgan fingerprint density at radius 2 is 1.75 bits per heavy atom. The number of hydrogen-bond donors (Lipinski definition) is 2. The maximum atomic E-state index is 12.6. The first-order valence-corrected chi connectivity index (χ1v) is 9.59. The summed E-state index contributed by atoms with van der Waals surface area (Å²) in [6.45, 7) is 3.62. The first-order valence-electron chi connectivity index (χ1n) is 8.61. The first-order chi connectivity index (χ1) is 13.5. The Bertz CT molecular complexity index is 1070. The highest BCUT2D eigenvalue weighted by Crippen LogP contribution is 2.16. The summed E-state index contributed by atoms with van der Waals surface area (Å²) in [7, 11) is 0. The van der Waals surface area contributed by atoms with Crippen LogP contribution in [0.2, 0.25) is 0 Å². The molecule has 144 valence electrons. The van der Waals surface area contributed by atoms with Crippen molar-refractivity contribution in [3.05, 3.63) is 64.8 Å². The molecule has 0 saturated heterocycles. The van der Waals surface area contributed by atoms with Gasteiger partial charge in [-0.15, -0.1) is 11.8 Å². The first kappa shape index (κ1) is 19.6. The molecule has 28 heavy (non-hydrogen) atoms. The highest BCUT2D eigenvalue weighted by atomic mass is 32.2. The van der Waals surface area contributed by atoms with Gasteiger partial charge in [-0.05, 0) is 32.0 Å². The van der Waals surface area contributed by atoms with Crippen molar-refractivity contribution in [2.75, 3.05) is 5.75 Å². The molecular formula is C19H19N5O3S. The third-order valence-corrected chi connectivity index (χ3v) is 4.88. The van der Waals surface area contributed by atoms with Crippen molar-refractivity contribution in [1.29, 1.82) is 0 Å². The molecule has 0 fully saturated rings. The molecule has 2 amide bonds. The van der Waals surface area contributed by atoms with Crippen molar-refractivity contribution < 1.29 is 9.59 Å². The number of thioether (sulfide) groups is 1. The smallest absolute Gasteiger partial charge is 0.272 e. The summed E-state index contributed by atoms with van der Waals surface area (Å²) in [5, 5.41) is 5.03. The van der Waals surface area contributed by atoms with Gasteiger partial charge in [0.25, 0.3) is 11.5 Å². The molecule has 0 aliphatic carbocycles. The van der Waals surface area contributed by atoms with Crippen LogP contribution in [0, 0.1) is 0 Å². The summed E-state index contributed by atoms with van der Waals surface area (Å²) in [4.78, 5) is 41.9. The summed E-state index contributed by atoms with van der Waals surface area (Å²) < 4.78 is 1.26. The molecule has 3 rings (SSSR count). The van der Waals surface area contributed by atoms with E-state index in [1.54, 1.807) is 48.8 Å². The Balaban J connectivity index is 1.73. The van der Waals surface area contributed by atoms with Crippen LogP contribution in [0.5, 0.6) is 0 Å². The van der Waals surface area contributed by atoms with E-state index in [9.17, 15) is 14.4 Å². The summed E-state index contributed by atoms with van der Waals surface area (Å²) in [5.41, 5.74) is 4.56. The van der Waals surface area contributed by atoms with Crippen molar-refractivity contribution >= 4 is 34.3 Å². The standard InChI is InChI=1S/C19H19N5O3S/c1-12(2)24-19(27)15-6-4-3-5-14(15)17(23-24)18(26)22-21-16(25)11-28-13-7-9-20-10-8-13/h3-10,12H,11H2,1-2H3,(H,21,25)(H,22,26). The fourth-order valence-corrected chi connectivity index (χ4v) is 3.21. The molecule has 0 aliphatic rings. The number of benzene rings is 1. The molecular weight excluding hydrogens is 378 g/mol. The zero-order valence-electron chi connectivity index (χ0n) is 15.4. The molecule has 0 aliphatic heterocycles. The van der Waals surface area contributed by atoms with Crippen LogP contribution in [0.3, 0.4) is 0 Å². The van der Waals surface area contributed by atoms with E-state index in [0.29, 0.717) is 10.8 Å². The molecule has 2 heterocycles. The average molecular weight is 397 g/mol. The van der Waals surface area contributed by atoms with Gasteiger partial charge >= 0.3 is 0 Å². The average Bonchev–Trinajstić information content (AvgIpc) is 2.71. The normalized spacial score (nSPS) is 10.8. The van der Waals surface area contributed by atoms with Crippen LogP contribution in [-0.4, -0.2) is 32.3 Å². The number of carbonyl (C=O) groups excluding carboxylic acids is 2. The Kier molecular flexibility index (Phi) is 6.05. The van der Waals surface area contributed by atoms with E-state index < -0.39 is 5.91 Å². The number of hydrogen-bond acceptors (Lipinski definition) is 6. The number of nitrogens with zero attached hydrogens (tertiary/aromatic N) is 3. The van der Waals surface area contributed by atoms with Gasteiger partial charge in [0.15, 0.2) is 5.69 Å². The number of aromatic nitrogens is 3. The van der Waals surface area contributed by atoms with Gasteiger partial charge in [-0.25, -0.2) is 4.68 Å². The molecule has 3 aromatic rings. The van der Waals surface area contributed by atoms with Crippen molar-refractivity contribution in [2.24, 2.45) is 0 Å². The van der Waals surface area contributed by atoms with E-state index in [1.807, 2.05) is 13.8 Å². The maximum Gasteiger partial charge on any atom is 0.290 e. The summed E-state index contributed by atoms with van der Waals surface area (Å²) in [6.07, 6.45) is 3.28. The van der Waals surface area contributed by atoms with Gasteiger partial charge in [0, 0.05) is 22.7 Å². The number of fused-ring (bicyclic) bond motifs is 1. The molecule has 0 atom stereocenters. The zero-order valence-corrected chi connectivity index (χ0v) is 16.2. The Morgan fingerprint density at radius 1 is 1.07 bits per heavy atom. The van der Waals surface area contributed by atoms with Crippen LogP contribution in [0.4, 0.5) is 0 Å². The third-order valence-electron chi connectivity index (χ3n) is 3.87. The molecule has 2 aromatic heterocycles. The highest BCUT2D eigenvalue weighted by Gasteiger charge is 2.18. The molecule has 2 N–H and O–H groups in total. The lowest BCUT2D eigenvalue weighted by Gasteiger charge is -2.13. The second-order valence-electron chi connectivity index (χ2n) is 6.21. The summed E-state index contributed by atoms with van der Waals surface area (Å²) in [5.74, 6) is -0.825. The van der Waals surface area contributed by atoms with Gasteiger partial charge in [-0.3, -0.25) is 30.2 Å². The van der Waals surface area contributed by atoms with Crippen LogP contribution in [0.1, 0.15) is 30.4 Å². The van der Waals surface area contributed by atoms with Crippen LogP contribution in [-0.2, 0) is 4.79 Å². The minimum Gasteiger partial charge on any atom is -0.272 e. The Hall–Kier alpha value is -3.20. The van der Waals surface area contributed by atoms with Gasteiger partial charge in [0.05, 0.1) is 17.2 Å². The topological polar surface area (TPSA) is 106 Å². The molecule has 0 unspecified atom stereocenters. The summed E-state index contributed by atoms with van der Waals surface area (Å²) >= 11 is 1.32. The highest BCUT2D eigenvalue weighted by molar-refractivity contribution is 8.00. The fourth-order valence-electron chi connectivity index (χ4n) is 2.53. The largest absolute Gasteiger partial charge is 0.290 e. The second-order valence-corrected chi connectivity index (χ2v) is 7.26. The molecule has 8 nitrogen and oxygen atoms in total. The van der Waals surface area contributed by atoms with Crippen LogP contribution in [0.15, 0.2) is 58.5 Å². The van der Waals surface area contributed by atoms with Gasteiger partial charge in [-0.1, -0.05) is 18.2 Å².